The lowest BCUT2D eigenvalue weighted by Gasteiger charge is -2.41. The first-order valence-corrected chi connectivity index (χ1v) is 7.68. The zero-order chi connectivity index (χ0) is 14.1. The van der Waals surface area contributed by atoms with E-state index in [2.05, 4.69) is 19.2 Å². The maximum absolute atomic E-state index is 11.8. The normalized spacial score (nSPS) is 27.2. The molecule has 1 saturated heterocycles. The fraction of sp³-hybridized carbons (Fsp3) is 0.933. The molecule has 0 radical (unpaired) electrons. The zero-order valence-electron chi connectivity index (χ0n) is 12.7. The summed E-state index contributed by atoms with van der Waals surface area (Å²) in [6.45, 7) is 8.31. The van der Waals surface area contributed by atoms with Crippen molar-refractivity contribution in [1.82, 2.24) is 5.32 Å². The smallest absolute Gasteiger partial charge is 0.307 e. The minimum absolute atomic E-state index is 0.0942. The van der Waals surface area contributed by atoms with E-state index >= 15 is 0 Å². The van der Waals surface area contributed by atoms with Crippen molar-refractivity contribution >= 4 is 5.97 Å². The van der Waals surface area contributed by atoms with E-state index in [1.54, 1.807) is 0 Å². The van der Waals surface area contributed by atoms with Crippen LogP contribution in [0.25, 0.3) is 0 Å². The maximum atomic E-state index is 11.8. The van der Waals surface area contributed by atoms with E-state index in [0.717, 1.165) is 45.3 Å². The van der Waals surface area contributed by atoms with Crippen molar-refractivity contribution in [3.05, 3.63) is 0 Å². The van der Waals surface area contributed by atoms with Gasteiger partial charge in [0.15, 0.2) is 0 Å². The highest BCUT2D eigenvalue weighted by atomic mass is 16.5. The number of carbonyl (C=O) groups excluding carboxylic acids is 1. The standard InChI is InChI=1S/C15H29NO3/c1-4-7-13-11-15(8-10-19-13,16-9-5-2)12-14(17)18-6-3/h13,16H,4-12H2,1-3H3. The Morgan fingerprint density at radius 2 is 2.16 bits per heavy atom. The van der Waals surface area contributed by atoms with Gasteiger partial charge in [0.1, 0.15) is 0 Å². The molecule has 0 amide bonds. The molecule has 0 aromatic rings. The third kappa shape index (κ3) is 5.49. The van der Waals surface area contributed by atoms with Crippen LogP contribution in [0.5, 0.6) is 0 Å². The van der Waals surface area contributed by atoms with Gasteiger partial charge >= 0.3 is 5.97 Å². The van der Waals surface area contributed by atoms with Crippen molar-refractivity contribution in [3.63, 3.8) is 0 Å². The van der Waals surface area contributed by atoms with Crippen molar-refractivity contribution < 1.29 is 14.3 Å². The summed E-state index contributed by atoms with van der Waals surface area (Å²) < 4.78 is 10.9. The molecular formula is C15H29NO3. The quantitative estimate of drug-likeness (QED) is 0.689. The SMILES string of the molecule is CCCNC1(CC(=O)OCC)CCOC(CCC)C1. The molecule has 1 rings (SSSR count). The summed E-state index contributed by atoms with van der Waals surface area (Å²) in [5.74, 6) is -0.0942. The first-order valence-electron chi connectivity index (χ1n) is 7.68. The van der Waals surface area contributed by atoms with Crippen LogP contribution in [0.4, 0.5) is 0 Å². The molecule has 2 unspecified atom stereocenters. The van der Waals surface area contributed by atoms with E-state index in [4.69, 9.17) is 9.47 Å². The Bertz CT molecular complexity index is 268. The van der Waals surface area contributed by atoms with Gasteiger partial charge < -0.3 is 14.8 Å². The maximum Gasteiger partial charge on any atom is 0.307 e. The Kier molecular flexibility index (Phi) is 7.39. The summed E-state index contributed by atoms with van der Waals surface area (Å²) >= 11 is 0. The van der Waals surface area contributed by atoms with Gasteiger partial charge in [0.25, 0.3) is 0 Å². The minimum Gasteiger partial charge on any atom is -0.466 e. The summed E-state index contributed by atoms with van der Waals surface area (Å²) in [5, 5.41) is 3.58. The highest BCUT2D eigenvalue weighted by Crippen LogP contribution is 2.30. The number of esters is 1. The Morgan fingerprint density at radius 3 is 2.79 bits per heavy atom. The van der Waals surface area contributed by atoms with E-state index in [1.165, 1.54) is 0 Å². The Balaban J connectivity index is 2.65. The van der Waals surface area contributed by atoms with Gasteiger partial charge in [-0.2, -0.15) is 0 Å². The average Bonchev–Trinajstić information content (AvgIpc) is 2.37. The Labute approximate surface area is 117 Å². The molecule has 1 N–H and O–H groups in total. The first kappa shape index (κ1) is 16.4. The molecule has 112 valence electrons. The third-order valence-electron chi connectivity index (χ3n) is 3.70. The fourth-order valence-corrected chi connectivity index (χ4v) is 2.79. The summed E-state index contributed by atoms with van der Waals surface area (Å²) in [6, 6.07) is 0. The molecule has 4 nitrogen and oxygen atoms in total. The van der Waals surface area contributed by atoms with Crippen LogP contribution in [-0.2, 0) is 14.3 Å². The van der Waals surface area contributed by atoms with Crippen LogP contribution in [0.2, 0.25) is 0 Å². The van der Waals surface area contributed by atoms with Crippen LogP contribution in [-0.4, -0.2) is 37.4 Å². The second-order valence-electron chi connectivity index (χ2n) is 5.42. The molecule has 0 aromatic carbocycles. The average molecular weight is 271 g/mol. The monoisotopic (exact) mass is 271 g/mol. The van der Waals surface area contributed by atoms with Gasteiger partial charge in [0.05, 0.1) is 19.1 Å². The molecule has 0 aliphatic carbocycles. The Morgan fingerprint density at radius 1 is 1.37 bits per heavy atom. The van der Waals surface area contributed by atoms with Gasteiger partial charge in [-0.3, -0.25) is 4.79 Å². The molecule has 0 spiro atoms. The van der Waals surface area contributed by atoms with E-state index in [-0.39, 0.29) is 17.6 Å². The lowest BCUT2D eigenvalue weighted by molar-refractivity contribution is -0.146. The Hall–Kier alpha value is -0.610. The predicted molar refractivity (Wildman–Crippen MR) is 76.2 cm³/mol. The summed E-state index contributed by atoms with van der Waals surface area (Å²) in [6.07, 6.45) is 5.81. The van der Waals surface area contributed by atoms with Gasteiger partial charge in [0, 0.05) is 12.1 Å². The van der Waals surface area contributed by atoms with Crippen molar-refractivity contribution in [2.75, 3.05) is 19.8 Å². The molecule has 1 aliphatic rings. The van der Waals surface area contributed by atoms with Crippen molar-refractivity contribution in [3.8, 4) is 0 Å². The summed E-state index contributed by atoms with van der Waals surface area (Å²) in [4.78, 5) is 11.8. The van der Waals surface area contributed by atoms with E-state index in [0.29, 0.717) is 13.0 Å². The van der Waals surface area contributed by atoms with Gasteiger partial charge in [-0.25, -0.2) is 0 Å². The van der Waals surface area contributed by atoms with Gasteiger partial charge in [-0.15, -0.1) is 0 Å². The molecular weight excluding hydrogens is 242 g/mol. The summed E-state index contributed by atoms with van der Waals surface area (Å²) in [7, 11) is 0. The molecule has 1 heterocycles. The molecule has 0 saturated carbocycles. The van der Waals surface area contributed by atoms with Crippen LogP contribution < -0.4 is 5.32 Å². The van der Waals surface area contributed by atoms with Crippen LogP contribution >= 0.6 is 0 Å². The molecule has 1 aliphatic heterocycles. The number of nitrogens with one attached hydrogen (secondary N) is 1. The molecule has 0 aromatic heterocycles. The highest BCUT2D eigenvalue weighted by molar-refractivity contribution is 5.71. The lowest BCUT2D eigenvalue weighted by Crippen LogP contribution is -2.53. The van der Waals surface area contributed by atoms with Crippen molar-refractivity contribution in [2.24, 2.45) is 0 Å². The first-order chi connectivity index (χ1) is 9.15. The highest BCUT2D eigenvalue weighted by Gasteiger charge is 2.38. The minimum atomic E-state index is -0.125. The number of carbonyl (C=O) groups is 1. The van der Waals surface area contributed by atoms with Gasteiger partial charge in [-0.1, -0.05) is 20.3 Å². The predicted octanol–water partition coefficient (Wildman–Crippen LogP) is 2.66. The second kappa shape index (κ2) is 8.54. The molecule has 2 atom stereocenters. The third-order valence-corrected chi connectivity index (χ3v) is 3.70. The van der Waals surface area contributed by atoms with Gasteiger partial charge in [-0.05, 0) is 39.2 Å². The molecule has 1 fully saturated rings. The number of hydrogen-bond acceptors (Lipinski definition) is 4. The van der Waals surface area contributed by atoms with Crippen molar-refractivity contribution in [1.29, 1.82) is 0 Å². The van der Waals surface area contributed by atoms with E-state index in [9.17, 15) is 4.79 Å². The van der Waals surface area contributed by atoms with Crippen LogP contribution in [0, 0.1) is 0 Å². The molecule has 0 bridgehead atoms. The zero-order valence-corrected chi connectivity index (χ0v) is 12.7. The van der Waals surface area contributed by atoms with Crippen molar-refractivity contribution in [2.45, 2.75) is 70.9 Å². The topological polar surface area (TPSA) is 47.6 Å². The largest absolute Gasteiger partial charge is 0.466 e. The number of hydrogen-bond donors (Lipinski definition) is 1. The molecule has 19 heavy (non-hydrogen) atoms. The summed E-state index contributed by atoms with van der Waals surface area (Å²) in [5.41, 5.74) is -0.125. The number of ether oxygens (including phenoxy) is 2. The fourth-order valence-electron chi connectivity index (χ4n) is 2.79. The van der Waals surface area contributed by atoms with Crippen LogP contribution in [0.3, 0.4) is 0 Å². The lowest BCUT2D eigenvalue weighted by atomic mass is 9.82. The van der Waals surface area contributed by atoms with E-state index < -0.39 is 0 Å². The molecule has 4 heteroatoms. The van der Waals surface area contributed by atoms with Crippen LogP contribution in [0.1, 0.15) is 59.3 Å². The second-order valence-corrected chi connectivity index (χ2v) is 5.42. The van der Waals surface area contributed by atoms with E-state index in [1.807, 2.05) is 6.92 Å². The van der Waals surface area contributed by atoms with Crippen LogP contribution in [0.15, 0.2) is 0 Å². The van der Waals surface area contributed by atoms with Gasteiger partial charge in [0.2, 0.25) is 0 Å². The number of rotatable bonds is 8.